The van der Waals surface area contributed by atoms with Crippen LogP contribution < -0.4 is 5.32 Å². The second kappa shape index (κ2) is 8.38. The number of rotatable bonds is 5. The molecule has 0 radical (unpaired) electrons. The van der Waals surface area contributed by atoms with Crippen LogP contribution in [0.15, 0.2) is 28.7 Å². The van der Waals surface area contributed by atoms with Crippen molar-refractivity contribution in [2.45, 2.75) is 38.6 Å². The smallest absolute Gasteiger partial charge is 0.244 e. The largest absolute Gasteiger partial charge is 0.352 e. The molecule has 0 fully saturated rings. The Kier molecular flexibility index (Phi) is 5.96. The second-order valence-electron chi connectivity index (χ2n) is 6.03. The highest BCUT2D eigenvalue weighted by molar-refractivity contribution is 9.10. The number of fused-ring (bicyclic) bond motifs is 1. The van der Waals surface area contributed by atoms with Crippen LogP contribution in [0, 0.1) is 5.82 Å². The molecule has 1 aromatic carbocycles. The molecule has 0 spiro atoms. The van der Waals surface area contributed by atoms with E-state index in [1.807, 2.05) is 0 Å². The van der Waals surface area contributed by atoms with Crippen molar-refractivity contribution in [3.8, 4) is 0 Å². The van der Waals surface area contributed by atoms with Gasteiger partial charge in [-0.05, 0) is 37.1 Å². The monoisotopic (exact) mass is 406 g/mol. The van der Waals surface area contributed by atoms with E-state index in [1.165, 1.54) is 24.6 Å². The minimum Gasteiger partial charge on any atom is -0.352 e. The fraction of sp³-hybridized carbons (Fsp3) is 0.389. The van der Waals surface area contributed by atoms with E-state index in [0.717, 1.165) is 41.9 Å². The van der Waals surface area contributed by atoms with Crippen molar-refractivity contribution >= 4 is 27.9 Å². The maximum absolute atomic E-state index is 13.6. The molecule has 1 amide bonds. The maximum atomic E-state index is 13.6. The molecule has 1 aromatic heterocycles. The molecule has 5 nitrogen and oxygen atoms in total. The molecular weight excluding hydrogens is 387 g/mol. The van der Waals surface area contributed by atoms with Gasteiger partial charge in [-0.25, -0.2) is 4.39 Å². The molecule has 2 heterocycles. The van der Waals surface area contributed by atoms with E-state index >= 15 is 0 Å². The van der Waals surface area contributed by atoms with E-state index in [-0.39, 0.29) is 11.7 Å². The number of carbonyl (C=O) groups excluding carboxylic acids is 1. The van der Waals surface area contributed by atoms with Gasteiger partial charge in [-0.1, -0.05) is 22.4 Å². The predicted molar refractivity (Wildman–Crippen MR) is 97.4 cm³/mol. The summed E-state index contributed by atoms with van der Waals surface area (Å²) in [7, 11) is 0. The first-order valence-electron chi connectivity index (χ1n) is 8.45. The van der Waals surface area contributed by atoms with Crippen LogP contribution in [0.3, 0.4) is 0 Å². The summed E-state index contributed by atoms with van der Waals surface area (Å²) in [6.45, 7) is 1.43. The highest BCUT2D eigenvalue weighted by Crippen LogP contribution is 2.17. The van der Waals surface area contributed by atoms with Crippen LogP contribution in [0.2, 0.25) is 0 Å². The van der Waals surface area contributed by atoms with Crippen LogP contribution in [0.25, 0.3) is 6.08 Å². The molecule has 1 aliphatic heterocycles. The molecule has 3 rings (SSSR count). The number of carbonyl (C=O) groups is 1. The molecule has 1 aliphatic rings. The Morgan fingerprint density at radius 3 is 3.08 bits per heavy atom. The van der Waals surface area contributed by atoms with Gasteiger partial charge < -0.3 is 9.88 Å². The second-order valence-corrected chi connectivity index (χ2v) is 6.95. The fourth-order valence-electron chi connectivity index (χ4n) is 2.89. The number of aryl methyl sites for hydroxylation is 1. The summed E-state index contributed by atoms with van der Waals surface area (Å²) in [5, 5.41) is 11.3. The predicted octanol–water partition coefficient (Wildman–Crippen LogP) is 3.28. The van der Waals surface area contributed by atoms with Gasteiger partial charge >= 0.3 is 0 Å². The van der Waals surface area contributed by atoms with Gasteiger partial charge in [-0.15, -0.1) is 10.2 Å². The van der Waals surface area contributed by atoms with Crippen LogP contribution >= 0.6 is 15.9 Å². The van der Waals surface area contributed by atoms with Crippen molar-refractivity contribution in [1.29, 1.82) is 0 Å². The van der Waals surface area contributed by atoms with E-state index < -0.39 is 0 Å². The van der Waals surface area contributed by atoms with Gasteiger partial charge in [0.05, 0.1) is 0 Å². The van der Waals surface area contributed by atoms with Crippen LogP contribution in [-0.4, -0.2) is 27.2 Å². The van der Waals surface area contributed by atoms with Crippen molar-refractivity contribution < 1.29 is 9.18 Å². The van der Waals surface area contributed by atoms with Gasteiger partial charge in [0.2, 0.25) is 5.91 Å². The molecule has 0 unspecified atom stereocenters. The van der Waals surface area contributed by atoms with Gasteiger partial charge in [0.15, 0.2) is 0 Å². The number of aromatic nitrogens is 3. The number of hydrogen-bond donors (Lipinski definition) is 1. The van der Waals surface area contributed by atoms with E-state index in [2.05, 4.69) is 36.0 Å². The average molecular weight is 407 g/mol. The summed E-state index contributed by atoms with van der Waals surface area (Å²) in [6, 6.07) is 4.61. The molecule has 7 heteroatoms. The zero-order valence-electron chi connectivity index (χ0n) is 13.8. The molecule has 0 aliphatic carbocycles. The Bertz CT molecular complexity index is 787. The Morgan fingerprint density at radius 1 is 1.32 bits per heavy atom. The summed E-state index contributed by atoms with van der Waals surface area (Å²) in [5.74, 6) is 1.34. The van der Waals surface area contributed by atoms with E-state index in [4.69, 9.17) is 0 Å². The highest BCUT2D eigenvalue weighted by atomic mass is 79.9. The SMILES string of the molecule is O=C(/C=C/c1cc(Br)ccc1F)NCCc1nnc2n1CCCCC2. The fourth-order valence-corrected chi connectivity index (χ4v) is 3.27. The first kappa shape index (κ1) is 17.8. The van der Waals surface area contributed by atoms with Crippen LogP contribution in [0.5, 0.6) is 0 Å². The Hall–Kier alpha value is -2.02. The number of benzene rings is 1. The molecule has 2 aromatic rings. The van der Waals surface area contributed by atoms with Gasteiger partial charge in [-0.3, -0.25) is 4.79 Å². The van der Waals surface area contributed by atoms with Gasteiger partial charge in [0, 0.05) is 42.0 Å². The van der Waals surface area contributed by atoms with Crippen LogP contribution in [0.1, 0.15) is 36.5 Å². The minimum absolute atomic E-state index is 0.255. The number of nitrogens with zero attached hydrogens (tertiary/aromatic N) is 3. The minimum atomic E-state index is -0.363. The molecule has 132 valence electrons. The van der Waals surface area contributed by atoms with Crippen LogP contribution in [-0.2, 0) is 24.2 Å². The van der Waals surface area contributed by atoms with E-state index in [9.17, 15) is 9.18 Å². The maximum Gasteiger partial charge on any atom is 0.244 e. The number of amides is 1. The lowest BCUT2D eigenvalue weighted by atomic mass is 10.2. The summed E-state index contributed by atoms with van der Waals surface area (Å²) < 4.78 is 16.6. The Morgan fingerprint density at radius 2 is 2.20 bits per heavy atom. The Labute approximate surface area is 154 Å². The van der Waals surface area contributed by atoms with Crippen molar-refractivity contribution in [3.05, 3.63) is 51.8 Å². The third-order valence-electron chi connectivity index (χ3n) is 4.21. The number of halogens is 2. The topological polar surface area (TPSA) is 59.8 Å². The third-order valence-corrected chi connectivity index (χ3v) is 4.70. The summed E-state index contributed by atoms with van der Waals surface area (Å²) in [6.07, 6.45) is 7.94. The van der Waals surface area contributed by atoms with Gasteiger partial charge in [0.25, 0.3) is 0 Å². The molecule has 1 N–H and O–H groups in total. The van der Waals surface area contributed by atoms with E-state index in [0.29, 0.717) is 18.5 Å². The first-order chi connectivity index (χ1) is 12.1. The standard InChI is InChI=1S/C18H20BrFN4O/c19-14-6-7-15(20)13(12-14)5-8-18(25)21-10-9-17-23-22-16-4-2-1-3-11-24(16)17/h5-8,12H,1-4,9-11H2,(H,21,25)/b8-5+. The normalized spacial score (nSPS) is 14.3. The lowest BCUT2D eigenvalue weighted by molar-refractivity contribution is -0.116. The lowest BCUT2D eigenvalue weighted by Crippen LogP contribution is -2.24. The molecule has 0 bridgehead atoms. The van der Waals surface area contributed by atoms with E-state index in [1.54, 1.807) is 12.1 Å². The molecule has 0 atom stereocenters. The van der Waals surface area contributed by atoms with Crippen molar-refractivity contribution in [1.82, 2.24) is 20.1 Å². The number of hydrogen-bond acceptors (Lipinski definition) is 3. The zero-order chi connectivity index (χ0) is 17.6. The first-order valence-corrected chi connectivity index (χ1v) is 9.25. The molecule has 0 saturated heterocycles. The summed E-state index contributed by atoms with van der Waals surface area (Å²) in [5.41, 5.74) is 0.368. The van der Waals surface area contributed by atoms with Crippen molar-refractivity contribution in [3.63, 3.8) is 0 Å². The Balaban J connectivity index is 1.52. The summed E-state index contributed by atoms with van der Waals surface area (Å²) in [4.78, 5) is 11.9. The third kappa shape index (κ3) is 4.75. The van der Waals surface area contributed by atoms with Gasteiger partial charge in [0.1, 0.15) is 17.5 Å². The van der Waals surface area contributed by atoms with Crippen molar-refractivity contribution in [2.24, 2.45) is 0 Å². The van der Waals surface area contributed by atoms with Gasteiger partial charge in [-0.2, -0.15) is 0 Å². The lowest BCUT2D eigenvalue weighted by Gasteiger charge is -2.07. The number of nitrogens with one attached hydrogen (secondary N) is 1. The molecule has 25 heavy (non-hydrogen) atoms. The zero-order valence-corrected chi connectivity index (χ0v) is 15.4. The molecular formula is C18H20BrFN4O. The average Bonchev–Trinajstić information content (AvgIpc) is 2.83. The highest BCUT2D eigenvalue weighted by Gasteiger charge is 2.14. The van der Waals surface area contributed by atoms with Crippen molar-refractivity contribution in [2.75, 3.05) is 6.54 Å². The molecule has 0 saturated carbocycles. The summed E-state index contributed by atoms with van der Waals surface area (Å²) >= 11 is 3.29. The van der Waals surface area contributed by atoms with Crippen LogP contribution in [0.4, 0.5) is 4.39 Å². The quantitative estimate of drug-likeness (QED) is 0.774.